The van der Waals surface area contributed by atoms with Gasteiger partial charge in [-0.2, -0.15) is 28.2 Å². The van der Waals surface area contributed by atoms with Gasteiger partial charge in [-0.05, 0) is 43.4 Å². The van der Waals surface area contributed by atoms with Crippen LogP contribution in [0.2, 0.25) is 0 Å². The number of rotatable bonds is 5. The largest absolute Gasteiger partial charge is 0.475 e. The molecule has 0 bridgehead atoms. The number of carbonyl (C=O) groups is 1. The smallest absolute Gasteiger partial charge is 0.417 e. The highest BCUT2D eigenvalue weighted by Gasteiger charge is 2.35. The highest BCUT2D eigenvalue weighted by molar-refractivity contribution is 5.98. The van der Waals surface area contributed by atoms with Crippen molar-refractivity contribution in [1.82, 2.24) is 24.9 Å². The molecular weight excluding hydrogens is 435 g/mol. The Morgan fingerprint density at radius 3 is 2.61 bits per heavy atom. The molecule has 1 aliphatic rings. The number of halogens is 3. The molecular formula is C23H24F3N5O2. The Bertz CT molecular complexity index is 1100. The van der Waals surface area contributed by atoms with Crippen LogP contribution in [0, 0.1) is 12.8 Å². The van der Waals surface area contributed by atoms with Gasteiger partial charge in [-0.25, -0.2) is 4.98 Å². The third-order valence-corrected chi connectivity index (χ3v) is 5.93. The predicted molar refractivity (Wildman–Crippen MR) is 114 cm³/mol. The molecule has 1 aliphatic heterocycles. The van der Waals surface area contributed by atoms with Gasteiger partial charge in [-0.1, -0.05) is 19.1 Å². The molecule has 10 heteroatoms. The SMILES string of the molecule is Cc1cccc(C(=O)N2CCC[C@@H](C)[C@H]2COc2ccc(C(F)(F)F)cn2)c1-n1nccn1. The molecule has 0 unspecified atom stereocenters. The fourth-order valence-corrected chi connectivity index (χ4v) is 4.14. The summed E-state index contributed by atoms with van der Waals surface area (Å²) >= 11 is 0. The van der Waals surface area contributed by atoms with Crippen molar-refractivity contribution in [2.75, 3.05) is 13.2 Å². The Kier molecular flexibility index (Phi) is 6.35. The first-order valence-corrected chi connectivity index (χ1v) is 10.7. The molecule has 1 saturated heterocycles. The predicted octanol–water partition coefficient (Wildman–Crippen LogP) is 4.31. The summed E-state index contributed by atoms with van der Waals surface area (Å²) in [4.78, 5) is 20.6. The molecule has 0 saturated carbocycles. The molecule has 0 spiro atoms. The van der Waals surface area contributed by atoms with Gasteiger partial charge in [0.05, 0.1) is 29.6 Å². The van der Waals surface area contributed by atoms with E-state index in [9.17, 15) is 18.0 Å². The van der Waals surface area contributed by atoms with Crippen LogP contribution < -0.4 is 4.74 Å². The molecule has 1 amide bonds. The third kappa shape index (κ3) is 4.84. The second-order valence-corrected chi connectivity index (χ2v) is 8.17. The molecule has 2 atom stereocenters. The van der Waals surface area contributed by atoms with E-state index in [1.165, 1.54) is 10.9 Å². The van der Waals surface area contributed by atoms with Crippen LogP contribution in [0.3, 0.4) is 0 Å². The van der Waals surface area contributed by atoms with E-state index in [4.69, 9.17) is 4.74 Å². The normalized spacial score (nSPS) is 18.9. The first kappa shape index (κ1) is 22.8. The molecule has 4 rings (SSSR count). The standard InChI is InChI=1S/C23H24F3N5O2/c1-15-6-4-12-30(19(15)14-33-20-9-8-17(13-27-20)23(24,25)26)22(32)18-7-3-5-16(2)21(18)31-28-10-11-29-31/h3,5,7-11,13,15,19H,4,6,12,14H2,1-2H3/t15-,19-/m1/s1. The molecule has 33 heavy (non-hydrogen) atoms. The maximum atomic E-state index is 13.7. The van der Waals surface area contributed by atoms with Crippen molar-refractivity contribution < 1.29 is 22.7 Å². The minimum Gasteiger partial charge on any atom is -0.475 e. The second kappa shape index (κ2) is 9.21. The zero-order valence-corrected chi connectivity index (χ0v) is 18.3. The summed E-state index contributed by atoms with van der Waals surface area (Å²) in [5, 5.41) is 8.38. The van der Waals surface area contributed by atoms with E-state index in [0.717, 1.165) is 30.7 Å². The van der Waals surface area contributed by atoms with Gasteiger partial charge >= 0.3 is 6.18 Å². The van der Waals surface area contributed by atoms with Gasteiger partial charge in [0.2, 0.25) is 5.88 Å². The Labute approximate surface area is 189 Å². The van der Waals surface area contributed by atoms with Gasteiger partial charge in [-0.15, -0.1) is 0 Å². The summed E-state index contributed by atoms with van der Waals surface area (Å²) in [7, 11) is 0. The number of likely N-dealkylation sites (tertiary alicyclic amines) is 1. The van der Waals surface area contributed by atoms with Crippen LogP contribution in [0.5, 0.6) is 5.88 Å². The second-order valence-electron chi connectivity index (χ2n) is 8.17. The average Bonchev–Trinajstić information content (AvgIpc) is 3.31. The van der Waals surface area contributed by atoms with Crippen LogP contribution in [0.25, 0.3) is 5.69 Å². The summed E-state index contributed by atoms with van der Waals surface area (Å²) in [5.74, 6) is 0.0740. The van der Waals surface area contributed by atoms with Crippen molar-refractivity contribution in [3.63, 3.8) is 0 Å². The molecule has 1 aromatic carbocycles. The van der Waals surface area contributed by atoms with E-state index >= 15 is 0 Å². The Balaban J connectivity index is 1.56. The van der Waals surface area contributed by atoms with Crippen LogP contribution in [0.15, 0.2) is 48.9 Å². The lowest BCUT2D eigenvalue weighted by Crippen LogP contribution is -2.50. The quantitative estimate of drug-likeness (QED) is 0.569. The number of ether oxygens (including phenoxy) is 1. The van der Waals surface area contributed by atoms with Gasteiger partial charge < -0.3 is 9.64 Å². The lowest BCUT2D eigenvalue weighted by Gasteiger charge is -2.40. The maximum absolute atomic E-state index is 13.7. The molecule has 3 heterocycles. The number of hydrogen-bond donors (Lipinski definition) is 0. The van der Waals surface area contributed by atoms with Gasteiger partial charge in [-0.3, -0.25) is 4.79 Å². The molecule has 0 aliphatic carbocycles. The highest BCUT2D eigenvalue weighted by Crippen LogP contribution is 2.30. The van der Waals surface area contributed by atoms with Crippen molar-refractivity contribution in [2.24, 2.45) is 5.92 Å². The lowest BCUT2D eigenvalue weighted by atomic mass is 9.90. The third-order valence-electron chi connectivity index (χ3n) is 5.93. The van der Waals surface area contributed by atoms with Crippen LogP contribution in [-0.2, 0) is 6.18 Å². The van der Waals surface area contributed by atoms with E-state index in [1.807, 2.05) is 26.0 Å². The van der Waals surface area contributed by atoms with Gasteiger partial charge in [0.15, 0.2) is 0 Å². The summed E-state index contributed by atoms with van der Waals surface area (Å²) in [6.45, 7) is 4.62. The number of alkyl halides is 3. The number of hydrogen-bond acceptors (Lipinski definition) is 5. The summed E-state index contributed by atoms with van der Waals surface area (Å²) in [5.41, 5.74) is 1.13. The van der Waals surface area contributed by atoms with Crippen molar-refractivity contribution in [3.05, 3.63) is 65.6 Å². The fraction of sp³-hybridized carbons (Fsp3) is 0.391. The van der Waals surface area contributed by atoms with Crippen LogP contribution >= 0.6 is 0 Å². The number of benzene rings is 1. The maximum Gasteiger partial charge on any atom is 0.417 e. The molecule has 174 valence electrons. The lowest BCUT2D eigenvalue weighted by molar-refractivity contribution is -0.137. The van der Waals surface area contributed by atoms with Crippen molar-refractivity contribution in [2.45, 2.75) is 38.9 Å². The average molecular weight is 459 g/mol. The van der Waals surface area contributed by atoms with Gasteiger partial charge in [0, 0.05) is 18.8 Å². The number of aryl methyl sites for hydroxylation is 1. The van der Waals surface area contributed by atoms with Crippen molar-refractivity contribution in [3.8, 4) is 11.6 Å². The minimum atomic E-state index is -4.46. The number of piperidine rings is 1. The van der Waals surface area contributed by atoms with Gasteiger partial charge in [0.1, 0.15) is 12.3 Å². The minimum absolute atomic E-state index is 0.0881. The Morgan fingerprint density at radius 2 is 1.94 bits per heavy atom. The van der Waals surface area contributed by atoms with E-state index in [-0.39, 0.29) is 30.4 Å². The topological polar surface area (TPSA) is 73.1 Å². The molecule has 1 fully saturated rings. The zero-order chi connectivity index (χ0) is 23.6. The van der Waals surface area contributed by atoms with E-state index in [2.05, 4.69) is 15.2 Å². The van der Waals surface area contributed by atoms with Crippen molar-refractivity contribution >= 4 is 5.91 Å². The number of carbonyl (C=O) groups excluding carboxylic acids is 1. The number of para-hydroxylation sites is 1. The summed E-state index contributed by atoms with van der Waals surface area (Å²) < 4.78 is 44.1. The molecule has 2 aromatic heterocycles. The van der Waals surface area contributed by atoms with E-state index in [1.54, 1.807) is 23.4 Å². The van der Waals surface area contributed by atoms with Crippen LogP contribution in [0.1, 0.15) is 41.3 Å². The monoisotopic (exact) mass is 459 g/mol. The van der Waals surface area contributed by atoms with E-state index in [0.29, 0.717) is 17.8 Å². The van der Waals surface area contributed by atoms with Crippen LogP contribution in [-0.4, -0.2) is 50.0 Å². The molecule has 0 N–H and O–H groups in total. The first-order valence-electron chi connectivity index (χ1n) is 10.7. The zero-order valence-electron chi connectivity index (χ0n) is 18.3. The summed E-state index contributed by atoms with van der Waals surface area (Å²) in [6.07, 6.45) is 1.16. The van der Waals surface area contributed by atoms with E-state index < -0.39 is 11.7 Å². The van der Waals surface area contributed by atoms with Crippen LogP contribution in [0.4, 0.5) is 13.2 Å². The fourth-order valence-electron chi connectivity index (χ4n) is 4.14. The van der Waals surface area contributed by atoms with Gasteiger partial charge in [0.25, 0.3) is 5.91 Å². The molecule has 3 aromatic rings. The Hall–Kier alpha value is -3.43. The summed E-state index contributed by atoms with van der Waals surface area (Å²) in [6, 6.07) is 7.35. The number of amides is 1. The first-order chi connectivity index (χ1) is 15.8. The van der Waals surface area contributed by atoms with Crippen molar-refractivity contribution in [1.29, 1.82) is 0 Å². The number of pyridine rings is 1. The number of aromatic nitrogens is 4. The highest BCUT2D eigenvalue weighted by atomic mass is 19.4. The Morgan fingerprint density at radius 1 is 1.18 bits per heavy atom. The molecule has 7 nitrogen and oxygen atoms in total. The molecule has 0 radical (unpaired) electrons. The number of nitrogens with zero attached hydrogens (tertiary/aromatic N) is 5.